The molecular weight excluding hydrogens is 645 g/mol. The molecule has 0 spiro atoms. The molecular formula is C50H40N2O. The second kappa shape index (κ2) is 10.6. The molecule has 0 fully saturated rings. The average Bonchev–Trinajstić information content (AvgIpc) is 4.00. The van der Waals surface area contributed by atoms with E-state index in [0.717, 1.165) is 36.8 Å². The average molecular weight is 685 g/mol. The van der Waals surface area contributed by atoms with Crippen molar-refractivity contribution in [3.05, 3.63) is 179 Å². The van der Waals surface area contributed by atoms with Crippen LogP contribution in [-0.2, 0) is 5.41 Å². The van der Waals surface area contributed by atoms with E-state index >= 15 is 0 Å². The van der Waals surface area contributed by atoms with E-state index < -0.39 is 0 Å². The van der Waals surface area contributed by atoms with Crippen molar-refractivity contribution in [3.8, 4) is 0 Å². The molecule has 0 amide bonds. The van der Waals surface area contributed by atoms with Crippen molar-refractivity contribution in [1.29, 1.82) is 0 Å². The molecule has 0 saturated heterocycles. The number of para-hydroxylation sites is 2. The predicted octanol–water partition coefficient (Wildman–Crippen LogP) is 13.1. The number of rotatable bonds is 3. The molecule has 4 aliphatic carbocycles. The predicted molar refractivity (Wildman–Crippen MR) is 219 cm³/mol. The van der Waals surface area contributed by atoms with Crippen LogP contribution in [0.25, 0.3) is 49.3 Å². The molecule has 3 heteroatoms. The normalized spacial score (nSPS) is 22.7. The maximum Gasteiger partial charge on any atom is 0.135 e. The Labute approximate surface area is 309 Å². The third kappa shape index (κ3) is 4.05. The van der Waals surface area contributed by atoms with Crippen LogP contribution < -0.4 is 4.90 Å². The lowest BCUT2D eigenvalue weighted by atomic mass is 9.77. The third-order valence-electron chi connectivity index (χ3n) is 13.4. The number of aromatic nitrogens is 1. The molecule has 53 heavy (non-hydrogen) atoms. The highest BCUT2D eigenvalue weighted by atomic mass is 16.3. The quantitative estimate of drug-likeness (QED) is 0.185. The van der Waals surface area contributed by atoms with Gasteiger partial charge < -0.3 is 13.9 Å². The lowest BCUT2D eigenvalue weighted by Crippen LogP contribution is -2.21. The summed E-state index contributed by atoms with van der Waals surface area (Å²) >= 11 is 0. The monoisotopic (exact) mass is 684 g/mol. The van der Waals surface area contributed by atoms with Crippen molar-refractivity contribution in [2.24, 2.45) is 5.92 Å². The van der Waals surface area contributed by atoms with Gasteiger partial charge in [0.25, 0.3) is 0 Å². The maximum atomic E-state index is 6.19. The minimum atomic E-state index is 0.0368. The summed E-state index contributed by atoms with van der Waals surface area (Å²) in [5, 5.41) is 5.12. The van der Waals surface area contributed by atoms with Gasteiger partial charge in [-0.25, -0.2) is 0 Å². The van der Waals surface area contributed by atoms with E-state index in [9.17, 15) is 0 Å². The Balaban J connectivity index is 0.902. The first-order chi connectivity index (χ1) is 26.0. The molecule has 12 rings (SSSR count). The van der Waals surface area contributed by atoms with Crippen LogP contribution in [0.5, 0.6) is 0 Å². The van der Waals surface area contributed by atoms with Gasteiger partial charge in [0.1, 0.15) is 11.2 Å². The van der Waals surface area contributed by atoms with E-state index in [1.54, 1.807) is 11.1 Å². The Morgan fingerprint density at radius 1 is 0.717 bits per heavy atom. The highest BCUT2D eigenvalue weighted by molar-refractivity contribution is 6.09. The largest absolute Gasteiger partial charge is 0.456 e. The van der Waals surface area contributed by atoms with Crippen LogP contribution in [-0.4, -0.2) is 4.57 Å². The van der Waals surface area contributed by atoms with Gasteiger partial charge in [-0.2, -0.15) is 0 Å². The van der Waals surface area contributed by atoms with Gasteiger partial charge in [-0.15, -0.1) is 0 Å². The maximum absolute atomic E-state index is 6.19. The Kier molecular flexibility index (Phi) is 5.97. The zero-order valence-electron chi connectivity index (χ0n) is 30.1. The van der Waals surface area contributed by atoms with Gasteiger partial charge in [0.15, 0.2) is 0 Å². The fourth-order valence-electron chi connectivity index (χ4n) is 10.9. The molecule has 3 atom stereocenters. The number of fused-ring (bicyclic) bond motifs is 10. The number of hydrogen-bond acceptors (Lipinski definition) is 2. The smallest absolute Gasteiger partial charge is 0.135 e. The van der Waals surface area contributed by atoms with Gasteiger partial charge in [0.2, 0.25) is 0 Å². The minimum absolute atomic E-state index is 0.0368. The molecule has 0 saturated carbocycles. The molecule has 5 aliphatic rings. The van der Waals surface area contributed by atoms with Gasteiger partial charge in [-0.1, -0.05) is 105 Å². The van der Waals surface area contributed by atoms with Crippen molar-refractivity contribution in [1.82, 2.24) is 4.57 Å². The molecule has 1 aliphatic heterocycles. The highest BCUT2D eigenvalue weighted by Crippen LogP contribution is 2.54. The van der Waals surface area contributed by atoms with Crippen LogP contribution in [0.4, 0.5) is 5.69 Å². The summed E-state index contributed by atoms with van der Waals surface area (Å²) in [6, 6.07) is 40.9. The minimum Gasteiger partial charge on any atom is -0.456 e. The van der Waals surface area contributed by atoms with Gasteiger partial charge in [0.05, 0.1) is 6.04 Å². The first-order valence-electron chi connectivity index (χ1n) is 19.4. The van der Waals surface area contributed by atoms with Crippen LogP contribution in [0, 0.1) is 5.92 Å². The van der Waals surface area contributed by atoms with Crippen molar-refractivity contribution >= 4 is 55.0 Å². The van der Waals surface area contributed by atoms with Crippen molar-refractivity contribution in [3.63, 3.8) is 0 Å². The molecule has 7 aromatic rings. The van der Waals surface area contributed by atoms with Crippen molar-refractivity contribution in [2.45, 2.75) is 56.9 Å². The zero-order valence-corrected chi connectivity index (χ0v) is 30.1. The molecule has 256 valence electrons. The Morgan fingerprint density at radius 2 is 1.53 bits per heavy atom. The number of nitrogens with zero attached hydrogens (tertiary/aromatic N) is 2. The summed E-state index contributed by atoms with van der Waals surface area (Å²) < 4.78 is 8.82. The van der Waals surface area contributed by atoms with Crippen LogP contribution in [0.1, 0.15) is 68.2 Å². The summed E-state index contributed by atoms with van der Waals surface area (Å²) in [6.07, 6.45) is 16.2. The summed E-state index contributed by atoms with van der Waals surface area (Å²) in [4.78, 5) is 2.57. The fraction of sp³-hybridized carbons (Fsp3) is 0.200. The van der Waals surface area contributed by atoms with E-state index in [2.05, 4.69) is 157 Å². The van der Waals surface area contributed by atoms with Crippen molar-refractivity contribution < 1.29 is 4.42 Å². The molecule has 0 bridgehead atoms. The van der Waals surface area contributed by atoms with E-state index in [-0.39, 0.29) is 11.5 Å². The van der Waals surface area contributed by atoms with E-state index in [0.29, 0.717) is 11.8 Å². The molecule has 0 N–H and O–H groups in total. The van der Waals surface area contributed by atoms with Crippen LogP contribution in [0.15, 0.2) is 167 Å². The van der Waals surface area contributed by atoms with Gasteiger partial charge in [-0.3, -0.25) is 0 Å². The number of benzene rings is 5. The fourth-order valence-corrected chi connectivity index (χ4v) is 10.9. The summed E-state index contributed by atoms with van der Waals surface area (Å²) in [6.45, 7) is 4.83. The number of anilines is 1. The molecule has 3 unspecified atom stereocenters. The standard InChI is InChI=1S/C50H40N2O/c1-50(2)42-14-6-3-10-34(42)35-22-20-33(29-43(35)50)52-44-15-7-4-11-36(44)39-26-30(19-24-47(39)52)31-18-23-46-40(27-31)37-13-9-16-45(37)51(46)32-21-25-49-41(28-32)38-12-5-8-17-48(38)53-49/h3-17,19-22,24-26,28,31,33,37H,18,23,27,29H2,1-2H3. The van der Waals surface area contributed by atoms with Gasteiger partial charge >= 0.3 is 0 Å². The van der Waals surface area contributed by atoms with E-state index in [4.69, 9.17) is 4.42 Å². The summed E-state index contributed by atoms with van der Waals surface area (Å²) in [5.74, 6) is 0.856. The zero-order chi connectivity index (χ0) is 35.0. The highest BCUT2D eigenvalue weighted by Gasteiger charge is 2.41. The summed E-state index contributed by atoms with van der Waals surface area (Å²) in [5.41, 5.74) is 17.7. The Bertz CT molecular complexity index is 2900. The second-order valence-electron chi connectivity index (χ2n) is 16.3. The molecule has 2 aromatic heterocycles. The lowest BCUT2D eigenvalue weighted by molar-refractivity contribution is 0.544. The number of furan rings is 1. The third-order valence-corrected chi connectivity index (χ3v) is 13.4. The number of allylic oxidation sites excluding steroid dienone is 8. The topological polar surface area (TPSA) is 21.3 Å². The van der Waals surface area contributed by atoms with Gasteiger partial charge in [0, 0.05) is 61.0 Å². The van der Waals surface area contributed by atoms with E-state index in [1.165, 1.54) is 71.9 Å². The molecule has 3 nitrogen and oxygen atoms in total. The molecule has 0 radical (unpaired) electrons. The Morgan fingerprint density at radius 3 is 2.47 bits per heavy atom. The molecule has 5 aromatic carbocycles. The van der Waals surface area contributed by atoms with Crippen molar-refractivity contribution in [2.75, 3.05) is 4.90 Å². The SMILES string of the molecule is CC1(C)C2=C(C=CC(n3c4ccccc4c4cc(C5CCC6=C(C5)C5C=CC=C5N6c5ccc6oc7ccccc7c6c5)ccc43)C2)c2ccccc21. The lowest BCUT2D eigenvalue weighted by Gasteiger charge is -2.30. The van der Waals surface area contributed by atoms with Crippen LogP contribution >= 0.6 is 0 Å². The van der Waals surface area contributed by atoms with E-state index in [1.807, 2.05) is 6.07 Å². The molecule has 3 heterocycles. The summed E-state index contributed by atoms with van der Waals surface area (Å²) in [7, 11) is 0. The second-order valence-corrected chi connectivity index (χ2v) is 16.3. The first-order valence-corrected chi connectivity index (χ1v) is 19.4. The first kappa shape index (κ1) is 29.7. The van der Waals surface area contributed by atoms with Crippen LogP contribution in [0.3, 0.4) is 0 Å². The van der Waals surface area contributed by atoms with Crippen LogP contribution in [0.2, 0.25) is 0 Å². The Hall–Kier alpha value is -5.80. The number of hydrogen-bond donors (Lipinski definition) is 0. The van der Waals surface area contributed by atoms with Gasteiger partial charge in [-0.05, 0) is 114 Å².